The van der Waals surface area contributed by atoms with Gasteiger partial charge in [0.1, 0.15) is 0 Å². The molecule has 0 saturated carbocycles. The third-order valence-corrected chi connectivity index (χ3v) is 8.19. The number of carbonyl (C=O) groups is 1. The molecule has 0 aliphatic carbocycles. The van der Waals surface area contributed by atoms with Crippen LogP contribution in [-0.4, -0.2) is 50.1 Å². The van der Waals surface area contributed by atoms with Gasteiger partial charge in [0.15, 0.2) is 0 Å². The van der Waals surface area contributed by atoms with E-state index in [1.165, 1.54) is 16.1 Å². The van der Waals surface area contributed by atoms with E-state index >= 15 is 0 Å². The Bertz CT molecular complexity index is 1010. The minimum atomic E-state index is 0.0380. The number of amides is 1. The van der Waals surface area contributed by atoms with E-state index in [1.807, 2.05) is 24.3 Å². The molecule has 1 fully saturated rings. The summed E-state index contributed by atoms with van der Waals surface area (Å²) in [7, 11) is 0. The smallest absolute Gasteiger partial charge is 0.252 e. The Labute approximate surface area is 206 Å². The minimum absolute atomic E-state index is 0.0380. The first kappa shape index (κ1) is 23.9. The zero-order valence-electron chi connectivity index (χ0n) is 19.3. The lowest BCUT2D eigenvalue weighted by atomic mass is 10.2. The Balaban J connectivity index is 1.14. The van der Waals surface area contributed by atoms with E-state index < -0.39 is 0 Å². The lowest BCUT2D eigenvalue weighted by molar-refractivity contribution is 0.0949. The molecule has 33 heavy (non-hydrogen) atoms. The molecule has 4 rings (SSSR count). The maximum absolute atomic E-state index is 12.7. The van der Waals surface area contributed by atoms with Crippen LogP contribution in [0.4, 0.5) is 5.69 Å². The molecule has 1 aliphatic heterocycles. The highest BCUT2D eigenvalue weighted by Crippen LogP contribution is 2.28. The number of hydrogen-bond acceptors (Lipinski definition) is 5. The van der Waals surface area contributed by atoms with E-state index in [-0.39, 0.29) is 5.91 Å². The molecule has 1 amide bonds. The average Bonchev–Trinajstić information content (AvgIpc) is 3.37. The Morgan fingerprint density at radius 3 is 2.64 bits per heavy atom. The molecule has 4 nitrogen and oxygen atoms in total. The maximum Gasteiger partial charge on any atom is 0.252 e. The van der Waals surface area contributed by atoms with Crippen molar-refractivity contribution in [2.75, 3.05) is 44.2 Å². The Morgan fingerprint density at radius 1 is 1.00 bits per heavy atom. The topological polar surface area (TPSA) is 35.6 Å². The first-order valence-corrected chi connectivity index (χ1v) is 13.6. The molecule has 2 heterocycles. The lowest BCUT2D eigenvalue weighted by Crippen LogP contribution is -2.46. The van der Waals surface area contributed by atoms with Crippen molar-refractivity contribution >= 4 is 34.7 Å². The van der Waals surface area contributed by atoms with Crippen molar-refractivity contribution in [1.82, 2.24) is 10.2 Å². The highest BCUT2D eigenvalue weighted by Gasteiger charge is 2.17. The predicted molar refractivity (Wildman–Crippen MR) is 142 cm³/mol. The van der Waals surface area contributed by atoms with Gasteiger partial charge in [-0.2, -0.15) is 0 Å². The highest BCUT2D eigenvalue weighted by molar-refractivity contribution is 7.98. The van der Waals surface area contributed by atoms with Crippen LogP contribution in [0.1, 0.15) is 33.6 Å². The number of anilines is 1. The number of carbonyl (C=O) groups excluding carboxylic acids is 1. The number of rotatable bonds is 10. The van der Waals surface area contributed by atoms with Crippen molar-refractivity contribution in [3.63, 3.8) is 0 Å². The van der Waals surface area contributed by atoms with Gasteiger partial charge in [0.2, 0.25) is 0 Å². The SMILES string of the molecule is Cc1cccc(N2CCN(CCCCNC(=O)c3ccccc3SCc3cccs3)CC2)c1. The van der Waals surface area contributed by atoms with Crippen LogP contribution in [0.5, 0.6) is 0 Å². The molecule has 174 valence electrons. The number of thiophene rings is 1. The van der Waals surface area contributed by atoms with Gasteiger partial charge in [0.05, 0.1) is 5.56 Å². The molecule has 0 spiro atoms. The van der Waals surface area contributed by atoms with Gasteiger partial charge in [0.25, 0.3) is 5.91 Å². The zero-order valence-corrected chi connectivity index (χ0v) is 21.0. The average molecular weight is 480 g/mol. The summed E-state index contributed by atoms with van der Waals surface area (Å²) in [5, 5.41) is 5.22. The standard InChI is InChI=1S/C27H33N3OS2/c1-22-8-6-9-23(20-22)30-17-15-29(16-18-30)14-5-4-13-28-27(31)25-11-2-3-12-26(25)33-21-24-10-7-19-32-24/h2-3,6-12,19-20H,4-5,13-18,21H2,1H3,(H,28,31). The van der Waals surface area contributed by atoms with E-state index in [2.05, 4.69) is 63.8 Å². The van der Waals surface area contributed by atoms with E-state index in [0.29, 0.717) is 0 Å². The maximum atomic E-state index is 12.7. The van der Waals surface area contributed by atoms with Crippen LogP contribution < -0.4 is 10.2 Å². The van der Waals surface area contributed by atoms with Gasteiger partial charge in [-0.05, 0) is 67.6 Å². The van der Waals surface area contributed by atoms with Crippen LogP contribution in [0.15, 0.2) is 70.9 Å². The Kier molecular flexibility index (Phi) is 8.86. The molecule has 0 bridgehead atoms. The quantitative estimate of drug-likeness (QED) is 0.300. The van der Waals surface area contributed by atoms with Gasteiger partial charge in [-0.3, -0.25) is 9.69 Å². The van der Waals surface area contributed by atoms with E-state index in [4.69, 9.17) is 0 Å². The second kappa shape index (κ2) is 12.3. The molecular formula is C27H33N3OS2. The van der Waals surface area contributed by atoms with Crippen LogP contribution in [0, 0.1) is 6.92 Å². The molecular weight excluding hydrogens is 446 g/mol. The summed E-state index contributed by atoms with van der Waals surface area (Å²) in [6.45, 7) is 8.36. The fourth-order valence-corrected chi connectivity index (χ4v) is 5.96. The summed E-state index contributed by atoms with van der Waals surface area (Å²) in [5.74, 6) is 0.940. The number of hydrogen-bond donors (Lipinski definition) is 1. The number of benzene rings is 2. The molecule has 3 aromatic rings. The summed E-state index contributed by atoms with van der Waals surface area (Å²) in [6, 6.07) is 20.9. The number of nitrogens with zero attached hydrogens (tertiary/aromatic N) is 2. The lowest BCUT2D eigenvalue weighted by Gasteiger charge is -2.36. The van der Waals surface area contributed by atoms with Gasteiger partial charge in [-0.1, -0.05) is 30.3 Å². The molecule has 1 aliphatic rings. The number of aryl methyl sites for hydroxylation is 1. The van der Waals surface area contributed by atoms with Gasteiger partial charge in [0, 0.05) is 53.9 Å². The van der Waals surface area contributed by atoms with Crippen molar-refractivity contribution in [3.8, 4) is 0 Å². The summed E-state index contributed by atoms with van der Waals surface area (Å²) in [6.07, 6.45) is 2.12. The molecule has 6 heteroatoms. The van der Waals surface area contributed by atoms with Crippen molar-refractivity contribution < 1.29 is 4.79 Å². The monoisotopic (exact) mass is 479 g/mol. The largest absolute Gasteiger partial charge is 0.369 e. The number of unbranched alkanes of at least 4 members (excludes halogenated alkanes) is 1. The number of nitrogens with one attached hydrogen (secondary N) is 1. The van der Waals surface area contributed by atoms with Crippen molar-refractivity contribution in [1.29, 1.82) is 0 Å². The molecule has 2 aromatic carbocycles. The van der Waals surface area contributed by atoms with Crippen LogP contribution in [0.3, 0.4) is 0 Å². The van der Waals surface area contributed by atoms with Crippen LogP contribution >= 0.6 is 23.1 Å². The van der Waals surface area contributed by atoms with Crippen molar-refractivity contribution in [3.05, 3.63) is 82.0 Å². The first-order chi connectivity index (χ1) is 16.2. The van der Waals surface area contributed by atoms with Gasteiger partial charge in [-0.15, -0.1) is 23.1 Å². The second-order valence-corrected chi connectivity index (χ2v) is 10.5. The Morgan fingerprint density at radius 2 is 1.85 bits per heavy atom. The normalized spacial score (nSPS) is 14.4. The van der Waals surface area contributed by atoms with Gasteiger partial charge in [-0.25, -0.2) is 0 Å². The predicted octanol–water partition coefficient (Wildman–Crippen LogP) is 5.68. The van der Waals surface area contributed by atoms with E-state index in [1.54, 1.807) is 23.1 Å². The van der Waals surface area contributed by atoms with Gasteiger partial charge >= 0.3 is 0 Å². The Hall–Kier alpha value is -2.28. The molecule has 0 atom stereocenters. The van der Waals surface area contributed by atoms with Crippen molar-refractivity contribution in [2.45, 2.75) is 30.4 Å². The van der Waals surface area contributed by atoms with Crippen LogP contribution in [-0.2, 0) is 5.75 Å². The summed E-state index contributed by atoms with van der Waals surface area (Å²) in [4.78, 5) is 20.2. The zero-order chi connectivity index (χ0) is 22.9. The molecule has 1 saturated heterocycles. The van der Waals surface area contributed by atoms with Crippen LogP contribution in [0.2, 0.25) is 0 Å². The fourth-order valence-electron chi connectivity index (χ4n) is 4.14. The molecule has 0 radical (unpaired) electrons. The summed E-state index contributed by atoms with van der Waals surface area (Å²) in [5.41, 5.74) is 3.44. The van der Waals surface area contributed by atoms with Crippen molar-refractivity contribution in [2.24, 2.45) is 0 Å². The first-order valence-electron chi connectivity index (χ1n) is 11.8. The summed E-state index contributed by atoms with van der Waals surface area (Å²) >= 11 is 3.49. The van der Waals surface area contributed by atoms with Gasteiger partial charge < -0.3 is 10.2 Å². The molecule has 1 aromatic heterocycles. The number of thioether (sulfide) groups is 1. The third kappa shape index (κ3) is 7.10. The van der Waals surface area contributed by atoms with E-state index in [9.17, 15) is 4.79 Å². The third-order valence-electron chi connectivity index (χ3n) is 6.01. The molecule has 0 unspecified atom stereocenters. The second-order valence-electron chi connectivity index (χ2n) is 8.49. The van der Waals surface area contributed by atoms with Crippen LogP contribution in [0.25, 0.3) is 0 Å². The summed E-state index contributed by atoms with van der Waals surface area (Å²) < 4.78 is 0. The van der Waals surface area contributed by atoms with E-state index in [0.717, 1.165) is 68.3 Å². The highest BCUT2D eigenvalue weighted by atomic mass is 32.2. The molecule has 1 N–H and O–H groups in total. The minimum Gasteiger partial charge on any atom is -0.369 e. The number of piperazine rings is 1. The fraction of sp³-hybridized carbons (Fsp3) is 0.370.